The lowest BCUT2D eigenvalue weighted by atomic mass is 10.3. The molecule has 0 unspecified atom stereocenters. The average Bonchev–Trinajstić information content (AvgIpc) is 2.94. The van der Waals surface area contributed by atoms with Crippen LogP contribution in [0.15, 0.2) is 35.5 Å². The van der Waals surface area contributed by atoms with Crippen LogP contribution in [0.2, 0.25) is 0 Å². The normalized spacial score (nSPS) is 15.8. The van der Waals surface area contributed by atoms with E-state index in [1.807, 2.05) is 4.57 Å². The van der Waals surface area contributed by atoms with E-state index in [1.54, 1.807) is 37.6 Å². The van der Waals surface area contributed by atoms with Crippen LogP contribution in [0.5, 0.6) is 0 Å². The summed E-state index contributed by atoms with van der Waals surface area (Å²) in [5, 5.41) is 10.7. The highest BCUT2D eigenvalue weighted by Gasteiger charge is 2.30. The molecule has 0 amide bonds. The number of benzene rings is 1. The van der Waals surface area contributed by atoms with Gasteiger partial charge in [-0.15, -0.1) is 10.2 Å². The van der Waals surface area contributed by atoms with Gasteiger partial charge in [0.15, 0.2) is 0 Å². The van der Waals surface area contributed by atoms with Gasteiger partial charge in [0.1, 0.15) is 17.0 Å². The fourth-order valence-electron chi connectivity index (χ4n) is 2.29. The number of nitrogens with zero attached hydrogens (tertiary/aromatic N) is 4. The molecule has 0 radical (unpaired) electrons. The Morgan fingerprint density at radius 3 is 2.85 bits per heavy atom. The number of aromatic nitrogens is 3. The van der Waals surface area contributed by atoms with Crippen molar-refractivity contribution in [3.05, 3.63) is 36.4 Å². The zero-order chi connectivity index (χ0) is 14.2. The van der Waals surface area contributed by atoms with Crippen molar-refractivity contribution in [2.45, 2.75) is 18.0 Å². The van der Waals surface area contributed by atoms with Crippen molar-refractivity contribution in [2.75, 3.05) is 18.9 Å². The maximum atomic E-state index is 12.7. The molecular formula is C12H15N5O2S. The predicted molar refractivity (Wildman–Crippen MR) is 73.6 cm³/mol. The third kappa shape index (κ3) is 2.06. The van der Waals surface area contributed by atoms with Gasteiger partial charge in [-0.05, 0) is 12.1 Å². The molecule has 1 aromatic carbocycles. The monoisotopic (exact) mass is 293 g/mol. The Labute approximate surface area is 117 Å². The van der Waals surface area contributed by atoms with E-state index in [1.165, 1.54) is 4.31 Å². The number of sulfonamides is 1. The van der Waals surface area contributed by atoms with E-state index in [9.17, 15) is 8.42 Å². The van der Waals surface area contributed by atoms with Crippen LogP contribution in [0.1, 0.15) is 5.82 Å². The number of rotatable bonds is 3. The van der Waals surface area contributed by atoms with Gasteiger partial charge in [0.05, 0.1) is 12.2 Å². The zero-order valence-corrected chi connectivity index (χ0v) is 11.8. The van der Waals surface area contributed by atoms with E-state index in [0.29, 0.717) is 24.6 Å². The second-order valence-corrected chi connectivity index (χ2v) is 6.43. The second-order valence-electron chi connectivity index (χ2n) is 4.53. The number of hydrogen-bond acceptors (Lipinski definition) is 5. The highest BCUT2D eigenvalue weighted by Crippen LogP contribution is 2.26. The van der Waals surface area contributed by atoms with E-state index in [-0.39, 0.29) is 11.4 Å². The number of hydrogen-bond donors (Lipinski definition) is 1. The van der Waals surface area contributed by atoms with Crippen molar-refractivity contribution in [1.82, 2.24) is 19.1 Å². The first kappa shape index (κ1) is 13.1. The fourth-order valence-corrected chi connectivity index (χ4v) is 3.87. The molecule has 1 aliphatic heterocycles. The minimum Gasteiger partial charge on any atom is -0.387 e. The minimum atomic E-state index is -3.54. The van der Waals surface area contributed by atoms with E-state index in [4.69, 9.17) is 0 Å². The Kier molecular flexibility index (Phi) is 3.19. The van der Waals surface area contributed by atoms with E-state index < -0.39 is 10.0 Å². The molecule has 2 aromatic rings. The molecule has 3 rings (SSSR count). The first-order chi connectivity index (χ1) is 9.63. The van der Waals surface area contributed by atoms with Crippen LogP contribution in [-0.4, -0.2) is 41.1 Å². The predicted octanol–water partition coefficient (Wildman–Crippen LogP) is 0.524. The molecule has 0 fully saturated rings. The highest BCUT2D eigenvalue weighted by atomic mass is 32.2. The third-order valence-electron chi connectivity index (χ3n) is 3.38. The molecule has 2 heterocycles. The lowest BCUT2D eigenvalue weighted by Gasteiger charge is -2.27. The van der Waals surface area contributed by atoms with E-state index in [0.717, 1.165) is 0 Å². The van der Waals surface area contributed by atoms with Gasteiger partial charge in [0.2, 0.25) is 10.0 Å². The minimum absolute atomic E-state index is 0.250. The quantitative estimate of drug-likeness (QED) is 0.892. The van der Waals surface area contributed by atoms with Gasteiger partial charge < -0.3 is 9.88 Å². The van der Waals surface area contributed by atoms with Crippen LogP contribution < -0.4 is 5.32 Å². The van der Waals surface area contributed by atoms with Gasteiger partial charge in [0.25, 0.3) is 0 Å². The molecule has 7 nitrogen and oxygen atoms in total. The fraction of sp³-hybridized carbons (Fsp3) is 0.333. The summed E-state index contributed by atoms with van der Waals surface area (Å²) in [4.78, 5) is 0.287. The molecule has 0 saturated heterocycles. The summed E-state index contributed by atoms with van der Waals surface area (Å²) in [7, 11) is -1.83. The second kappa shape index (κ2) is 4.88. The Balaban J connectivity index is 1.97. The van der Waals surface area contributed by atoms with Crippen LogP contribution >= 0.6 is 0 Å². The molecule has 0 bridgehead atoms. The topological polar surface area (TPSA) is 80.1 Å². The molecule has 1 aromatic heterocycles. The molecule has 106 valence electrons. The Morgan fingerprint density at radius 1 is 1.25 bits per heavy atom. The lowest BCUT2D eigenvalue weighted by molar-refractivity contribution is 0.335. The first-order valence-corrected chi connectivity index (χ1v) is 7.70. The summed E-state index contributed by atoms with van der Waals surface area (Å²) >= 11 is 0. The summed E-state index contributed by atoms with van der Waals surface area (Å²) in [6, 6.07) is 6.89. The van der Waals surface area contributed by atoms with Crippen LogP contribution in [0.25, 0.3) is 0 Å². The molecule has 1 N–H and O–H groups in total. The maximum Gasteiger partial charge on any atom is 0.245 e. The molecule has 1 aliphatic rings. The van der Waals surface area contributed by atoms with Crippen molar-refractivity contribution < 1.29 is 8.42 Å². The van der Waals surface area contributed by atoms with Crippen molar-refractivity contribution in [3.8, 4) is 0 Å². The standard InChI is InChI=1S/C12H15N5O2S/c1-13-10-4-2-3-5-11(10)20(18,19)17-7-6-16-9-14-15-12(16)8-17/h2-5,9,13H,6-8H2,1H3. The summed E-state index contributed by atoms with van der Waals surface area (Å²) < 4.78 is 28.8. The zero-order valence-electron chi connectivity index (χ0n) is 11.0. The van der Waals surface area contributed by atoms with Gasteiger partial charge in [0, 0.05) is 20.1 Å². The van der Waals surface area contributed by atoms with Crippen molar-refractivity contribution in [2.24, 2.45) is 0 Å². The summed E-state index contributed by atoms with van der Waals surface area (Å²) in [5.74, 6) is 0.668. The summed E-state index contributed by atoms with van der Waals surface area (Å²) in [5.41, 5.74) is 0.597. The van der Waals surface area contributed by atoms with Gasteiger partial charge >= 0.3 is 0 Å². The number of anilines is 1. The highest BCUT2D eigenvalue weighted by molar-refractivity contribution is 7.89. The molecule has 8 heteroatoms. The Morgan fingerprint density at radius 2 is 2.05 bits per heavy atom. The largest absolute Gasteiger partial charge is 0.387 e. The summed E-state index contributed by atoms with van der Waals surface area (Å²) in [6.45, 7) is 1.25. The average molecular weight is 293 g/mol. The van der Waals surface area contributed by atoms with Crippen LogP contribution in [0, 0.1) is 0 Å². The number of para-hydroxylation sites is 1. The third-order valence-corrected chi connectivity index (χ3v) is 5.28. The molecular weight excluding hydrogens is 278 g/mol. The number of fused-ring (bicyclic) bond motifs is 1. The van der Waals surface area contributed by atoms with Crippen molar-refractivity contribution >= 4 is 15.7 Å². The SMILES string of the molecule is CNc1ccccc1S(=O)(=O)N1CCn2cnnc2C1. The van der Waals surface area contributed by atoms with Gasteiger partial charge in [-0.25, -0.2) is 8.42 Å². The van der Waals surface area contributed by atoms with Gasteiger partial charge in [-0.3, -0.25) is 0 Å². The van der Waals surface area contributed by atoms with Crippen molar-refractivity contribution in [3.63, 3.8) is 0 Å². The molecule has 0 spiro atoms. The van der Waals surface area contributed by atoms with Gasteiger partial charge in [-0.1, -0.05) is 12.1 Å². The van der Waals surface area contributed by atoms with Crippen LogP contribution in [0.4, 0.5) is 5.69 Å². The molecule has 0 aliphatic carbocycles. The van der Waals surface area contributed by atoms with Gasteiger partial charge in [-0.2, -0.15) is 4.31 Å². The number of nitrogens with one attached hydrogen (secondary N) is 1. The first-order valence-electron chi connectivity index (χ1n) is 6.26. The maximum absolute atomic E-state index is 12.7. The van der Waals surface area contributed by atoms with Crippen LogP contribution in [0.3, 0.4) is 0 Å². The van der Waals surface area contributed by atoms with E-state index >= 15 is 0 Å². The molecule has 0 atom stereocenters. The molecule has 20 heavy (non-hydrogen) atoms. The molecule has 0 saturated carbocycles. The van der Waals surface area contributed by atoms with E-state index in [2.05, 4.69) is 15.5 Å². The lowest BCUT2D eigenvalue weighted by Crippen LogP contribution is -2.38. The summed E-state index contributed by atoms with van der Waals surface area (Å²) in [6.07, 6.45) is 1.63. The van der Waals surface area contributed by atoms with Crippen molar-refractivity contribution in [1.29, 1.82) is 0 Å². The Bertz CT molecular complexity index is 725. The smallest absolute Gasteiger partial charge is 0.245 e. The van der Waals surface area contributed by atoms with Crippen LogP contribution in [-0.2, 0) is 23.1 Å². The Hall–Kier alpha value is -1.93.